The smallest absolute Gasteiger partial charge is 0.302 e. The second-order valence-corrected chi connectivity index (χ2v) is 6.80. The van der Waals surface area contributed by atoms with Gasteiger partial charge in [-0.1, -0.05) is 37.1 Å². The Balaban J connectivity index is 2.83. The zero-order chi connectivity index (χ0) is 17.6. The molecule has 0 fully saturated rings. The molecular formula is C19H28O4. The van der Waals surface area contributed by atoms with E-state index in [1.54, 1.807) is 0 Å². The quantitative estimate of drug-likeness (QED) is 0.565. The Kier molecular flexibility index (Phi) is 6.79. The van der Waals surface area contributed by atoms with E-state index in [0.29, 0.717) is 6.61 Å². The zero-order valence-electron chi connectivity index (χ0n) is 15.1. The number of hydrogen-bond donors (Lipinski definition) is 0. The average Bonchev–Trinajstić information content (AvgIpc) is 2.35. The molecule has 0 saturated carbocycles. The van der Waals surface area contributed by atoms with Gasteiger partial charge in [-0.15, -0.1) is 0 Å². The highest BCUT2D eigenvalue weighted by Gasteiger charge is 2.33. The van der Waals surface area contributed by atoms with E-state index in [1.165, 1.54) is 25.0 Å². The SMILES string of the molecule is CC(=O)OC/C=C(C)/C=C/C1=C(C)CC(OC(C)=O)CC1(C)C. The van der Waals surface area contributed by atoms with Crippen LogP contribution in [-0.2, 0) is 19.1 Å². The molecule has 0 saturated heterocycles. The predicted octanol–water partition coefficient (Wildman–Crippen LogP) is 4.12. The van der Waals surface area contributed by atoms with E-state index in [4.69, 9.17) is 9.47 Å². The summed E-state index contributed by atoms with van der Waals surface area (Å²) in [6.45, 7) is 11.6. The number of carbonyl (C=O) groups excluding carboxylic acids is 2. The molecule has 1 aliphatic carbocycles. The molecule has 0 radical (unpaired) electrons. The third kappa shape index (κ3) is 6.43. The minimum absolute atomic E-state index is 0.0414. The van der Waals surface area contributed by atoms with Crippen LogP contribution in [0.25, 0.3) is 0 Å². The van der Waals surface area contributed by atoms with Crippen LogP contribution in [0, 0.1) is 5.41 Å². The maximum atomic E-state index is 11.2. The van der Waals surface area contributed by atoms with E-state index in [0.717, 1.165) is 18.4 Å². The van der Waals surface area contributed by atoms with Gasteiger partial charge in [0, 0.05) is 20.3 Å². The Labute approximate surface area is 139 Å². The van der Waals surface area contributed by atoms with Crippen LogP contribution in [0.2, 0.25) is 0 Å². The lowest BCUT2D eigenvalue weighted by Gasteiger charge is -2.37. The molecule has 0 aromatic heterocycles. The second-order valence-electron chi connectivity index (χ2n) is 6.80. The third-order valence-electron chi connectivity index (χ3n) is 4.00. The molecule has 4 nitrogen and oxygen atoms in total. The van der Waals surface area contributed by atoms with Crippen molar-refractivity contribution in [2.24, 2.45) is 5.41 Å². The second kappa shape index (κ2) is 8.14. The van der Waals surface area contributed by atoms with Gasteiger partial charge in [0.1, 0.15) is 12.7 Å². The molecule has 0 aromatic carbocycles. The van der Waals surface area contributed by atoms with Crippen LogP contribution in [0.3, 0.4) is 0 Å². The van der Waals surface area contributed by atoms with Gasteiger partial charge in [-0.05, 0) is 37.3 Å². The van der Waals surface area contributed by atoms with Crippen molar-refractivity contribution in [3.63, 3.8) is 0 Å². The minimum Gasteiger partial charge on any atom is -0.462 e. The van der Waals surface area contributed by atoms with E-state index in [1.807, 2.05) is 19.1 Å². The van der Waals surface area contributed by atoms with E-state index in [9.17, 15) is 9.59 Å². The number of esters is 2. The molecule has 0 aliphatic heterocycles. The Morgan fingerprint density at radius 2 is 1.87 bits per heavy atom. The molecule has 0 aromatic rings. The minimum atomic E-state index is -0.276. The topological polar surface area (TPSA) is 52.6 Å². The fourth-order valence-electron chi connectivity index (χ4n) is 3.04. The maximum Gasteiger partial charge on any atom is 0.302 e. The van der Waals surface area contributed by atoms with Crippen LogP contribution >= 0.6 is 0 Å². The first-order valence-corrected chi connectivity index (χ1v) is 7.97. The molecular weight excluding hydrogens is 292 g/mol. The van der Waals surface area contributed by atoms with Gasteiger partial charge in [0.15, 0.2) is 0 Å². The standard InChI is InChI=1S/C19H28O4/c1-13(9-10-22-15(3)20)7-8-18-14(2)11-17(23-16(4)21)12-19(18,5)6/h7-9,17H,10-12H2,1-6H3/b8-7+,13-9+. The van der Waals surface area contributed by atoms with Gasteiger partial charge in [-0.25, -0.2) is 0 Å². The molecule has 1 unspecified atom stereocenters. The lowest BCUT2D eigenvalue weighted by atomic mass is 9.71. The summed E-state index contributed by atoms with van der Waals surface area (Å²) in [5, 5.41) is 0. The molecule has 4 heteroatoms. The fraction of sp³-hybridized carbons (Fsp3) is 0.579. The van der Waals surface area contributed by atoms with E-state index in [2.05, 4.69) is 26.8 Å². The lowest BCUT2D eigenvalue weighted by molar-refractivity contribution is -0.147. The van der Waals surface area contributed by atoms with Crippen LogP contribution in [0.5, 0.6) is 0 Å². The van der Waals surface area contributed by atoms with Crippen LogP contribution in [0.15, 0.2) is 34.9 Å². The van der Waals surface area contributed by atoms with Crippen molar-refractivity contribution in [2.45, 2.75) is 60.5 Å². The summed E-state index contributed by atoms with van der Waals surface area (Å²) in [6, 6.07) is 0. The third-order valence-corrected chi connectivity index (χ3v) is 4.00. The first kappa shape index (κ1) is 19.2. The number of ether oxygens (including phenoxy) is 2. The van der Waals surface area contributed by atoms with E-state index < -0.39 is 0 Å². The Hall–Kier alpha value is -1.84. The number of allylic oxidation sites excluding steroid dienone is 4. The van der Waals surface area contributed by atoms with Crippen LogP contribution < -0.4 is 0 Å². The summed E-state index contributed by atoms with van der Waals surface area (Å²) < 4.78 is 10.3. The summed E-state index contributed by atoms with van der Waals surface area (Å²) >= 11 is 0. The number of hydrogen-bond acceptors (Lipinski definition) is 4. The largest absolute Gasteiger partial charge is 0.462 e. The maximum absolute atomic E-state index is 11.2. The molecule has 0 heterocycles. The zero-order valence-corrected chi connectivity index (χ0v) is 15.1. The molecule has 0 amide bonds. The van der Waals surface area contributed by atoms with Crippen molar-refractivity contribution >= 4 is 11.9 Å². The van der Waals surface area contributed by atoms with Crippen LogP contribution in [0.4, 0.5) is 0 Å². The summed E-state index contributed by atoms with van der Waals surface area (Å²) in [6.07, 6.45) is 7.60. The summed E-state index contributed by atoms with van der Waals surface area (Å²) in [7, 11) is 0. The Bertz CT molecular complexity index is 550. The van der Waals surface area contributed by atoms with Gasteiger partial charge in [-0.3, -0.25) is 9.59 Å². The lowest BCUT2D eigenvalue weighted by Crippen LogP contribution is -2.31. The summed E-state index contributed by atoms with van der Waals surface area (Å²) in [4.78, 5) is 21.9. The van der Waals surface area contributed by atoms with Gasteiger partial charge in [0.25, 0.3) is 0 Å². The van der Waals surface area contributed by atoms with E-state index >= 15 is 0 Å². The molecule has 0 N–H and O–H groups in total. The number of rotatable bonds is 5. The van der Waals surface area contributed by atoms with Gasteiger partial charge in [-0.2, -0.15) is 0 Å². The van der Waals surface area contributed by atoms with Gasteiger partial charge < -0.3 is 9.47 Å². The molecule has 128 valence electrons. The highest BCUT2D eigenvalue weighted by molar-refractivity contribution is 5.66. The van der Waals surface area contributed by atoms with Crippen molar-refractivity contribution in [1.82, 2.24) is 0 Å². The van der Waals surface area contributed by atoms with E-state index in [-0.39, 0.29) is 23.5 Å². The molecule has 0 bridgehead atoms. The normalized spacial score (nSPS) is 21.5. The predicted molar refractivity (Wildman–Crippen MR) is 90.8 cm³/mol. The highest BCUT2D eigenvalue weighted by Crippen LogP contribution is 2.42. The Morgan fingerprint density at radius 1 is 1.22 bits per heavy atom. The van der Waals surface area contributed by atoms with Crippen molar-refractivity contribution < 1.29 is 19.1 Å². The number of carbonyl (C=O) groups is 2. The van der Waals surface area contributed by atoms with Gasteiger partial charge >= 0.3 is 11.9 Å². The average molecular weight is 320 g/mol. The first-order chi connectivity index (χ1) is 10.6. The van der Waals surface area contributed by atoms with Crippen molar-refractivity contribution in [1.29, 1.82) is 0 Å². The van der Waals surface area contributed by atoms with Crippen LogP contribution in [0.1, 0.15) is 54.4 Å². The molecule has 1 atom stereocenters. The van der Waals surface area contributed by atoms with Crippen LogP contribution in [-0.4, -0.2) is 24.6 Å². The highest BCUT2D eigenvalue weighted by atomic mass is 16.5. The summed E-state index contributed by atoms with van der Waals surface area (Å²) in [5.74, 6) is -0.497. The van der Waals surface area contributed by atoms with Gasteiger partial charge in [0.05, 0.1) is 0 Å². The van der Waals surface area contributed by atoms with Crippen molar-refractivity contribution in [3.05, 3.63) is 34.9 Å². The molecule has 0 spiro atoms. The monoisotopic (exact) mass is 320 g/mol. The summed E-state index contributed by atoms with van der Waals surface area (Å²) in [5.41, 5.74) is 3.52. The van der Waals surface area contributed by atoms with Crippen molar-refractivity contribution in [2.75, 3.05) is 6.61 Å². The first-order valence-electron chi connectivity index (χ1n) is 7.97. The van der Waals surface area contributed by atoms with Crippen molar-refractivity contribution in [3.8, 4) is 0 Å². The molecule has 23 heavy (non-hydrogen) atoms. The fourth-order valence-corrected chi connectivity index (χ4v) is 3.04. The molecule has 1 aliphatic rings. The molecule has 1 rings (SSSR count). The van der Waals surface area contributed by atoms with Gasteiger partial charge in [0.2, 0.25) is 0 Å². The Morgan fingerprint density at radius 3 is 2.39 bits per heavy atom.